The van der Waals surface area contributed by atoms with Gasteiger partial charge in [0.25, 0.3) is 5.56 Å². The largest absolute Gasteiger partial charge is 0.272 e. The van der Waals surface area contributed by atoms with Gasteiger partial charge in [-0.25, -0.2) is 5.10 Å². The van der Waals surface area contributed by atoms with Gasteiger partial charge in [-0.3, -0.25) is 4.79 Å². The van der Waals surface area contributed by atoms with Crippen LogP contribution in [0.25, 0.3) is 22.0 Å². The molecule has 3 aromatic rings. The Hall–Kier alpha value is -2.93. The molecule has 96 valence electrons. The van der Waals surface area contributed by atoms with Crippen LogP contribution in [0.3, 0.4) is 0 Å². The van der Waals surface area contributed by atoms with Crippen LogP contribution in [0.2, 0.25) is 0 Å². The molecule has 0 fully saturated rings. The molecule has 2 aromatic carbocycles. The van der Waals surface area contributed by atoms with Crippen molar-refractivity contribution >= 4 is 10.8 Å². The number of aromatic amines is 1. The highest BCUT2D eigenvalue weighted by molar-refractivity contribution is 5.93. The summed E-state index contributed by atoms with van der Waals surface area (Å²) in [7, 11) is 0. The van der Waals surface area contributed by atoms with E-state index in [4.69, 9.17) is 5.26 Å². The Bertz CT molecular complexity index is 857. The second-order valence-electron chi connectivity index (χ2n) is 4.48. The number of nitrogens with zero attached hydrogens (tertiary/aromatic N) is 2. The molecule has 0 aliphatic rings. The van der Waals surface area contributed by atoms with Crippen molar-refractivity contribution in [2.75, 3.05) is 0 Å². The molecule has 0 aliphatic heterocycles. The topological polar surface area (TPSA) is 69.5 Å². The maximum atomic E-state index is 11.7. The average molecular weight is 261 g/mol. The molecule has 0 aliphatic carbocycles. The Kier molecular flexibility index (Phi) is 3.02. The van der Waals surface area contributed by atoms with Crippen molar-refractivity contribution in [3.8, 4) is 17.3 Å². The molecule has 4 heteroatoms. The van der Waals surface area contributed by atoms with Crippen molar-refractivity contribution in [2.45, 2.75) is 6.42 Å². The minimum absolute atomic E-state index is 0.189. The molecule has 0 atom stereocenters. The van der Waals surface area contributed by atoms with Crippen LogP contribution in [0.5, 0.6) is 0 Å². The van der Waals surface area contributed by atoms with E-state index in [0.717, 1.165) is 22.2 Å². The summed E-state index contributed by atoms with van der Waals surface area (Å²) in [4.78, 5) is 11.7. The molecule has 0 radical (unpaired) electrons. The SMILES string of the molecule is N#CCc1ccc(-c2n[nH]c(=O)c3ccccc23)cc1. The van der Waals surface area contributed by atoms with E-state index in [2.05, 4.69) is 16.3 Å². The number of H-pyrrole nitrogens is 1. The summed E-state index contributed by atoms with van der Waals surface area (Å²) >= 11 is 0. The predicted molar refractivity (Wildman–Crippen MR) is 77.1 cm³/mol. The minimum Gasteiger partial charge on any atom is -0.267 e. The molecule has 1 N–H and O–H groups in total. The van der Waals surface area contributed by atoms with E-state index < -0.39 is 0 Å². The van der Waals surface area contributed by atoms with Gasteiger partial charge in [-0.2, -0.15) is 10.4 Å². The maximum Gasteiger partial charge on any atom is 0.272 e. The lowest BCUT2D eigenvalue weighted by atomic mass is 10.0. The lowest BCUT2D eigenvalue weighted by Gasteiger charge is -2.05. The second-order valence-corrected chi connectivity index (χ2v) is 4.48. The predicted octanol–water partition coefficient (Wildman–Crippen LogP) is 2.66. The summed E-state index contributed by atoms with van der Waals surface area (Å²) < 4.78 is 0. The van der Waals surface area contributed by atoms with Crippen molar-refractivity contribution in [2.24, 2.45) is 0 Å². The fourth-order valence-corrected chi connectivity index (χ4v) is 2.21. The van der Waals surface area contributed by atoms with Crippen LogP contribution in [-0.4, -0.2) is 10.2 Å². The molecule has 1 heterocycles. The summed E-state index contributed by atoms with van der Waals surface area (Å²) in [6.07, 6.45) is 0.389. The highest BCUT2D eigenvalue weighted by atomic mass is 16.1. The van der Waals surface area contributed by atoms with Gasteiger partial charge in [-0.05, 0) is 11.6 Å². The van der Waals surface area contributed by atoms with E-state index in [1.807, 2.05) is 42.5 Å². The van der Waals surface area contributed by atoms with Crippen LogP contribution in [0.15, 0.2) is 53.3 Å². The third kappa shape index (κ3) is 2.06. The summed E-state index contributed by atoms with van der Waals surface area (Å²) in [6.45, 7) is 0. The van der Waals surface area contributed by atoms with E-state index in [9.17, 15) is 4.79 Å². The van der Waals surface area contributed by atoms with E-state index in [0.29, 0.717) is 11.8 Å². The van der Waals surface area contributed by atoms with Crippen molar-refractivity contribution in [3.63, 3.8) is 0 Å². The molecule has 0 spiro atoms. The molecule has 0 saturated heterocycles. The zero-order valence-electron chi connectivity index (χ0n) is 10.6. The first-order chi connectivity index (χ1) is 9.79. The van der Waals surface area contributed by atoms with Gasteiger partial charge in [-0.15, -0.1) is 0 Å². The van der Waals surface area contributed by atoms with Crippen LogP contribution in [0.1, 0.15) is 5.56 Å². The van der Waals surface area contributed by atoms with E-state index in [1.165, 1.54) is 0 Å². The first-order valence-corrected chi connectivity index (χ1v) is 6.23. The van der Waals surface area contributed by atoms with Gasteiger partial charge in [0.05, 0.1) is 23.6 Å². The minimum atomic E-state index is -0.189. The summed E-state index contributed by atoms with van der Waals surface area (Å²) in [6, 6.07) is 17.1. The Morgan fingerprint density at radius 3 is 2.45 bits per heavy atom. The molecule has 0 saturated carbocycles. The maximum absolute atomic E-state index is 11.7. The number of rotatable bonds is 2. The number of benzene rings is 2. The van der Waals surface area contributed by atoms with E-state index in [-0.39, 0.29) is 5.56 Å². The van der Waals surface area contributed by atoms with Crippen LogP contribution < -0.4 is 5.56 Å². The molecule has 4 nitrogen and oxygen atoms in total. The fourth-order valence-electron chi connectivity index (χ4n) is 2.21. The third-order valence-electron chi connectivity index (χ3n) is 3.21. The molecule has 0 unspecified atom stereocenters. The molecule has 3 rings (SSSR count). The van der Waals surface area contributed by atoms with Crippen molar-refractivity contribution in [3.05, 3.63) is 64.4 Å². The zero-order chi connectivity index (χ0) is 13.9. The van der Waals surface area contributed by atoms with Crippen molar-refractivity contribution in [1.82, 2.24) is 10.2 Å². The Morgan fingerprint density at radius 1 is 1.05 bits per heavy atom. The Morgan fingerprint density at radius 2 is 1.75 bits per heavy atom. The molecule has 0 amide bonds. The smallest absolute Gasteiger partial charge is 0.267 e. The lowest BCUT2D eigenvalue weighted by Crippen LogP contribution is -2.09. The first kappa shape index (κ1) is 12.1. The van der Waals surface area contributed by atoms with Crippen LogP contribution in [0.4, 0.5) is 0 Å². The lowest BCUT2D eigenvalue weighted by molar-refractivity contribution is 1.02. The van der Waals surface area contributed by atoms with Gasteiger partial charge >= 0.3 is 0 Å². The number of hydrogen-bond donors (Lipinski definition) is 1. The molecule has 0 bridgehead atoms. The molecular formula is C16H11N3O. The van der Waals surface area contributed by atoms with Crippen molar-refractivity contribution < 1.29 is 0 Å². The highest BCUT2D eigenvalue weighted by Crippen LogP contribution is 2.24. The standard InChI is InChI=1S/C16H11N3O/c17-10-9-11-5-7-12(8-6-11)15-13-3-1-2-4-14(13)16(20)19-18-15/h1-8H,9H2,(H,19,20). The Balaban J connectivity index is 2.17. The number of nitrogens with one attached hydrogen (secondary N) is 1. The quantitative estimate of drug-likeness (QED) is 0.771. The third-order valence-corrected chi connectivity index (χ3v) is 3.21. The van der Waals surface area contributed by atoms with Crippen LogP contribution in [0, 0.1) is 11.3 Å². The zero-order valence-corrected chi connectivity index (χ0v) is 10.6. The van der Waals surface area contributed by atoms with Crippen LogP contribution >= 0.6 is 0 Å². The average Bonchev–Trinajstić information content (AvgIpc) is 2.49. The van der Waals surface area contributed by atoms with Gasteiger partial charge in [0, 0.05) is 10.9 Å². The van der Waals surface area contributed by atoms with Gasteiger partial charge in [-0.1, -0.05) is 42.5 Å². The number of hydrogen-bond acceptors (Lipinski definition) is 3. The van der Waals surface area contributed by atoms with Gasteiger partial charge < -0.3 is 0 Å². The van der Waals surface area contributed by atoms with Gasteiger partial charge in [0.15, 0.2) is 0 Å². The highest BCUT2D eigenvalue weighted by Gasteiger charge is 2.07. The number of fused-ring (bicyclic) bond motifs is 1. The molecule has 20 heavy (non-hydrogen) atoms. The normalized spacial score (nSPS) is 10.3. The van der Waals surface area contributed by atoms with E-state index >= 15 is 0 Å². The van der Waals surface area contributed by atoms with Gasteiger partial charge in [0.2, 0.25) is 0 Å². The first-order valence-electron chi connectivity index (χ1n) is 6.23. The number of nitriles is 1. The Labute approximate surface area is 115 Å². The summed E-state index contributed by atoms with van der Waals surface area (Å²) in [5, 5.41) is 16.8. The van der Waals surface area contributed by atoms with Gasteiger partial charge in [0.1, 0.15) is 0 Å². The second kappa shape index (κ2) is 4.98. The number of aromatic nitrogens is 2. The molecule has 1 aromatic heterocycles. The van der Waals surface area contributed by atoms with Crippen LogP contribution in [-0.2, 0) is 6.42 Å². The summed E-state index contributed by atoms with van der Waals surface area (Å²) in [5.41, 5.74) is 2.43. The van der Waals surface area contributed by atoms with Crippen molar-refractivity contribution in [1.29, 1.82) is 5.26 Å². The fraction of sp³-hybridized carbons (Fsp3) is 0.0625. The monoisotopic (exact) mass is 261 g/mol. The molecular weight excluding hydrogens is 250 g/mol. The summed E-state index contributed by atoms with van der Waals surface area (Å²) in [5.74, 6) is 0. The van der Waals surface area contributed by atoms with E-state index in [1.54, 1.807) is 6.07 Å².